The van der Waals surface area contributed by atoms with Crippen LogP contribution >= 0.6 is 11.3 Å². The summed E-state index contributed by atoms with van der Waals surface area (Å²) in [6.07, 6.45) is 7.17. The molecule has 5 heteroatoms. The van der Waals surface area contributed by atoms with Crippen LogP contribution in [0.5, 0.6) is 0 Å². The lowest BCUT2D eigenvalue weighted by molar-refractivity contribution is 0.332. The summed E-state index contributed by atoms with van der Waals surface area (Å²) in [4.78, 5) is 7.99. The highest BCUT2D eigenvalue weighted by molar-refractivity contribution is 7.33. The molecule has 0 radical (unpaired) electrons. The van der Waals surface area contributed by atoms with Gasteiger partial charge in [-0.05, 0) is 244 Å². The number of rotatable bonds is 6. The fraction of sp³-hybridized carbons (Fsp3) is 0.378. The Morgan fingerprint density at radius 1 is 0.421 bits per heavy atom. The van der Waals surface area contributed by atoms with Crippen LogP contribution in [0.1, 0.15) is 226 Å². The van der Waals surface area contributed by atoms with Gasteiger partial charge in [0.15, 0.2) is 0 Å². The Bertz CT molecular complexity index is 4670. The van der Waals surface area contributed by atoms with Gasteiger partial charge in [0, 0.05) is 65.8 Å². The summed E-state index contributed by atoms with van der Waals surface area (Å²) in [5, 5.41) is 1.36. The van der Waals surface area contributed by atoms with Crippen LogP contribution in [-0.2, 0) is 43.3 Å². The van der Waals surface area contributed by atoms with Crippen molar-refractivity contribution in [1.29, 1.82) is 0 Å². The highest BCUT2D eigenvalue weighted by Crippen LogP contribution is 2.59. The topological polar surface area (TPSA) is 9.72 Å². The van der Waals surface area contributed by atoms with E-state index in [1.807, 2.05) is 0 Å². The number of anilines is 9. The Balaban J connectivity index is 1.04. The first-order chi connectivity index (χ1) is 44.6. The van der Waals surface area contributed by atoms with Crippen molar-refractivity contribution in [2.45, 2.75) is 220 Å². The van der Waals surface area contributed by atoms with Crippen molar-refractivity contribution in [2.24, 2.45) is 0 Å². The number of aryl methyl sites for hydroxylation is 1. The number of nitrogens with zero attached hydrogens (tertiary/aromatic N) is 3. The van der Waals surface area contributed by atoms with E-state index in [9.17, 15) is 0 Å². The van der Waals surface area contributed by atoms with Gasteiger partial charge in [-0.1, -0.05) is 229 Å². The molecule has 3 aliphatic carbocycles. The molecule has 1 saturated carbocycles. The van der Waals surface area contributed by atoms with E-state index in [4.69, 9.17) is 0 Å². The smallest absolute Gasteiger partial charge is 0.264 e. The van der Waals surface area contributed by atoms with Gasteiger partial charge in [0.05, 0.1) is 5.69 Å². The predicted octanol–water partition coefficient (Wildman–Crippen LogP) is 24.1. The van der Waals surface area contributed by atoms with E-state index >= 15 is 0 Å². The highest BCUT2D eigenvalue weighted by Gasteiger charge is 2.49. The number of fused-ring (bicyclic) bond motifs is 12. The molecule has 3 heterocycles. The standard InChI is InChI=1S/C90H100BN3S/c1-55-45-77-80-78(46-55)94(63-36-39-70(87(14,15)16)68(50-63)56-47-59(85(8,9)10)49-60(48-56)86(11,12)13)81-69-53-73-74(89(19,20)44-43-88(73,17)18)54-79(69)95-82(81)91(80)75-40-37-65(92(61-31-27-57(28-32-61)83(2,3)4)62-33-29-58(30-34-62)84(5,6)7)52-76(75)93(77)64-35-38-67-66-25-21-22-26-71(66)90(72(67)51-64)41-23-24-42-90/h21-22,25-40,45-54H,23-24,41-44H2,1-20H3. The zero-order valence-electron chi connectivity index (χ0n) is 60.7. The maximum absolute atomic E-state index is 2.76. The third-order valence-corrected chi connectivity index (χ3v) is 24.2. The Labute approximate surface area is 574 Å². The van der Waals surface area contributed by atoms with Crippen LogP contribution in [-0.4, -0.2) is 6.71 Å². The second kappa shape index (κ2) is 21.5. The van der Waals surface area contributed by atoms with Crippen molar-refractivity contribution in [3.8, 4) is 22.3 Å². The first kappa shape index (κ1) is 63.5. The van der Waals surface area contributed by atoms with Crippen molar-refractivity contribution in [3.05, 3.63) is 225 Å². The van der Waals surface area contributed by atoms with Crippen LogP contribution in [0.25, 0.3) is 32.3 Å². The molecule has 10 aromatic rings. The Morgan fingerprint density at radius 3 is 1.53 bits per heavy atom. The van der Waals surface area contributed by atoms with E-state index < -0.39 is 0 Å². The van der Waals surface area contributed by atoms with Crippen molar-refractivity contribution >= 4 is 95.0 Å². The molecule has 9 aromatic carbocycles. The molecule has 0 amide bonds. The van der Waals surface area contributed by atoms with E-state index in [0.717, 1.165) is 23.5 Å². The van der Waals surface area contributed by atoms with Crippen LogP contribution in [0.3, 0.4) is 0 Å². The molecule has 15 rings (SSSR count). The van der Waals surface area contributed by atoms with Crippen molar-refractivity contribution in [3.63, 3.8) is 0 Å². The van der Waals surface area contributed by atoms with E-state index in [1.165, 1.54) is 170 Å². The molecule has 0 saturated heterocycles. The van der Waals surface area contributed by atoms with E-state index in [-0.39, 0.29) is 50.0 Å². The van der Waals surface area contributed by atoms with E-state index in [1.54, 1.807) is 0 Å². The summed E-state index contributed by atoms with van der Waals surface area (Å²) in [5.41, 5.74) is 33.0. The Morgan fingerprint density at radius 2 is 0.947 bits per heavy atom. The van der Waals surface area contributed by atoms with Crippen LogP contribution < -0.4 is 30.4 Å². The van der Waals surface area contributed by atoms with Gasteiger partial charge in [-0.2, -0.15) is 0 Å². The predicted molar refractivity (Wildman–Crippen MR) is 414 cm³/mol. The molecule has 1 fully saturated rings. The van der Waals surface area contributed by atoms with Crippen LogP contribution in [0, 0.1) is 6.92 Å². The third kappa shape index (κ3) is 10.3. The minimum atomic E-state index is -0.126. The second-order valence-electron chi connectivity index (χ2n) is 35.8. The molecular weight excluding hydrogens is 1170 g/mol. The number of thiophene rings is 1. The summed E-state index contributed by atoms with van der Waals surface area (Å²) in [6.45, 7) is 47.6. The van der Waals surface area contributed by atoms with Crippen molar-refractivity contribution in [2.75, 3.05) is 14.7 Å². The fourth-order valence-corrected chi connectivity index (χ4v) is 18.7. The van der Waals surface area contributed by atoms with Crippen LogP contribution in [0.15, 0.2) is 170 Å². The molecule has 95 heavy (non-hydrogen) atoms. The zero-order chi connectivity index (χ0) is 67.2. The lowest BCUT2D eigenvalue weighted by Gasteiger charge is -2.44. The molecule has 0 atom stereocenters. The van der Waals surface area contributed by atoms with Gasteiger partial charge in [0.25, 0.3) is 6.71 Å². The molecule has 2 aliphatic heterocycles. The van der Waals surface area contributed by atoms with Crippen molar-refractivity contribution in [1.82, 2.24) is 0 Å². The molecule has 3 nitrogen and oxygen atoms in total. The van der Waals surface area contributed by atoms with Gasteiger partial charge in [-0.25, -0.2) is 0 Å². The average Bonchev–Trinajstić information content (AvgIpc) is 1.66. The van der Waals surface area contributed by atoms with Gasteiger partial charge in [-0.15, -0.1) is 11.3 Å². The van der Waals surface area contributed by atoms with Gasteiger partial charge >= 0.3 is 0 Å². The second-order valence-corrected chi connectivity index (χ2v) is 36.9. The van der Waals surface area contributed by atoms with Gasteiger partial charge in [0.2, 0.25) is 0 Å². The van der Waals surface area contributed by atoms with E-state index in [0.29, 0.717) is 0 Å². The Kier molecular flexibility index (Phi) is 14.3. The number of hydrogen-bond donors (Lipinski definition) is 0. The molecule has 1 spiro atoms. The molecule has 1 aromatic heterocycles. The maximum atomic E-state index is 2.76. The SMILES string of the molecule is Cc1cc2c3c(c1)N(c1ccc(C(C)(C)C)c(-c4cc(C(C)(C)C)cc(C(C)(C)C)c4)c1)c1c(sc4cc5c(cc14)C(C)(C)CCC5(C)C)B3c1ccc(N(c3ccc(C(C)(C)C)cc3)c3ccc(C(C)(C)C)cc3)cc1N2c1ccc2c(c1)C1(CCCC1)c1ccccc1-2. The average molecular weight is 1270 g/mol. The van der Waals surface area contributed by atoms with Crippen LogP contribution in [0.4, 0.5) is 51.2 Å². The third-order valence-electron chi connectivity index (χ3n) is 23.0. The summed E-state index contributed by atoms with van der Waals surface area (Å²) in [5.74, 6) is 0. The summed E-state index contributed by atoms with van der Waals surface area (Å²) < 4.78 is 2.79. The zero-order valence-corrected chi connectivity index (χ0v) is 61.6. The van der Waals surface area contributed by atoms with Gasteiger partial charge in [0.1, 0.15) is 0 Å². The molecule has 0 N–H and O–H groups in total. The summed E-state index contributed by atoms with van der Waals surface area (Å²) in [7, 11) is 0. The lowest BCUT2D eigenvalue weighted by atomic mass is 9.36. The summed E-state index contributed by atoms with van der Waals surface area (Å²) in [6, 6.07) is 68.9. The molecule has 5 aliphatic rings. The molecular formula is C90H100BN3S. The first-order valence-corrected chi connectivity index (χ1v) is 36.5. The Hall–Kier alpha value is -7.60. The minimum Gasteiger partial charge on any atom is -0.311 e. The normalized spacial score (nSPS) is 16.8. The highest BCUT2D eigenvalue weighted by atomic mass is 32.1. The maximum Gasteiger partial charge on any atom is 0.264 e. The number of hydrogen-bond acceptors (Lipinski definition) is 4. The van der Waals surface area contributed by atoms with Crippen molar-refractivity contribution < 1.29 is 0 Å². The first-order valence-electron chi connectivity index (χ1n) is 35.7. The molecule has 0 unspecified atom stereocenters. The molecule has 0 bridgehead atoms. The lowest BCUT2D eigenvalue weighted by Crippen LogP contribution is -2.60. The number of benzene rings is 9. The monoisotopic (exact) mass is 1270 g/mol. The summed E-state index contributed by atoms with van der Waals surface area (Å²) >= 11 is 2.05. The minimum absolute atomic E-state index is 0.00571. The van der Waals surface area contributed by atoms with E-state index in [2.05, 4.69) is 334 Å². The van der Waals surface area contributed by atoms with Crippen LogP contribution in [0.2, 0.25) is 0 Å². The molecule has 484 valence electrons. The largest absolute Gasteiger partial charge is 0.311 e. The fourth-order valence-electron chi connectivity index (χ4n) is 17.3. The van der Waals surface area contributed by atoms with Gasteiger partial charge < -0.3 is 14.7 Å². The van der Waals surface area contributed by atoms with Gasteiger partial charge in [-0.3, -0.25) is 0 Å². The quantitative estimate of drug-likeness (QED) is 0.154.